The number of benzene rings is 2. The summed E-state index contributed by atoms with van der Waals surface area (Å²) >= 11 is 0. The number of ether oxygens (including phenoxy) is 2. The highest BCUT2D eigenvalue weighted by molar-refractivity contribution is 5.78. The van der Waals surface area contributed by atoms with E-state index < -0.39 is 0 Å². The van der Waals surface area contributed by atoms with Gasteiger partial charge in [-0.25, -0.2) is 0 Å². The van der Waals surface area contributed by atoms with E-state index in [2.05, 4.69) is 41.4 Å². The molecule has 0 aromatic heterocycles. The van der Waals surface area contributed by atoms with Crippen molar-refractivity contribution in [2.24, 2.45) is 0 Å². The minimum atomic E-state index is -0.169. The fourth-order valence-electron chi connectivity index (χ4n) is 3.41. The number of carbonyl (C=O) groups excluding carboxylic acids is 1. The largest absolute Gasteiger partial charge is 0.497 e. The van der Waals surface area contributed by atoms with Gasteiger partial charge in [0.05, 0.1) is 26.8 Å². The van der Waals surface area contributed by atoms with E-state index in [1.54, 1.807) is 14.2 Å². The predicted molar refractivity (Wildman–Crippen MR) is 111 cm³/mol. The summed E-state index contributed by atoms with van der Waals surface area (Å²) in [7, 11) is 3.27. The zero-order valence-electron chi connectivity index (χ0n) is 17.2. The Kier molecular flexibility index (Phi) is 6.57. The average molecular weight is 383 g/mol. The summed E-state index contributed by atoms with van der Waals surface area (Å²) < 4.78 is 10.8. The second kappa shape index (κ2) is 9.11. The zero-order valence-corrected chi connectivity index (χ0v) is 17.2. The van der Waals surface area contributed by atoms with Gasteiger partial charge in [0.15, 0.2) is 0 Å². The number of nitrogens with one attached hydrogen (secondary N) is 1. The number of hydrogen-bond acceptors (Lipinski definition) is 4. The quantitative estimate of drug-likeness (QED) is 0.716. The maximum atomic E-state index is 12.7. The van der Waals surface area contributed by atoms with Crippen LogP contribution in [-0.4, -0.2) is 37.6 Å². The van der Waals surface area contributed by atoms with Gasteiger partial charge in [0.1, 0.15) is 11.5 Å². The molecule has 0 saturated heterocycles. The fraction of sp³-hybridized carbons (Fsp3) is 0.435. The summed E-state index contributed by atoms with van der Waals surface area (Å²) in [5.41, 5.74) is 3.40. The van der Waals surface area contributed by atoms with Gasteiger partial charge in [0.25, 0.3) is 0 Å². The lowest BCUT2D eigenvalue weighted by molar-refractivity contribution is -0.123. The highest BCUT2D eigenvalue weighted by atomic mass is 16.5. The van der Waals surface area contributed by atoms with Crippen molar-refractivity contribution in [1.29, 1.82) is 0 Å². The summed E-state index contributed by atoms with van der Waals surface area (Å²) in [6, 6.07) is 14.5. The third-order valence-corrected chi connectivity index (χ3v) is 5.20. The van der Waals surface area contributed by atoms with Crippen LogP contribution in [0.5, 0.6) is 11.5 Å². The first kappa shape index (κ1) is 20.2. The molecule has 1 atom stereocenters. The molecule has 1 unspecified atom stereocenters. The Morgan fingerprint density at radius 2 is 1.86 bits per heavy atom. The van der Waals surface area contributed by atoms with Crippen LogP contribution in [-0.2, 0) is 11.3 Å². The van der Waals surface area contributed by atoms with E-state index in [0.29, 0.717) is 12.6 Å². The molecule has 150 valence electrons. The van der Waals surface area contributed by atoms with Crippen molar-refractivity contribution in [2.45, 2.75) is 45.3 Å². The molecule has 2 aromatic carbocycles. The van der Waals surface area contributed by atoms with Crippen molar-refractivity contribution in [3.63, 3.8) is 0 Å². The number of hydrogen-bond donors (Lipinski definition) is 1. The standard InChI is InChI=1S/C23H30N2O3/c1-16-5-7-18(8-6-16)14-25(19-9-10-19)15-23(26)24-17(2)21-13-20(27-3)11-12-22(21)28-4/h5-8,11-13,17,19H,9-10,14-15H2,1-4H3,(H,24,26). The topological polar surface area (TPSA) is 50.8 Å². The van der Waals surface area contributed by atoms with E-state index >= 15 is 0 Å². The Morgan fingerprint density at radius 1 is 1.14 bits per heavy atom. The van der Waals surface area contributed by atoms with Gasteiger partial charge in [-0.3, -0.25) is 9.69 Å². The molecular weight excluding hydrogens is 352 g/mol. The average Bonchev–Trinajstić information content (AvgIpc) is 3.53. The van der Waals surface area contributed by atoms with Crippen LogP contribution in [0.1, 0.15) is 42.5 Å². The molecular formula is C23H30N2O3. The molecule has 0 radical (unpaired) electrons. The van der Waals surface area contributed by atoms with Crippen LogP contribution >= 0.6 is 0 Å². The molecule has 28 heavy (non-hydrogen) atoms. The van der Waals surface area contributed by atoms with Gasteiger partial charge in [-0.1, -0.05) is 29.8 Å². The molecule has 0 aliphatic heterocycles. The molecule has 2 aromatic rings. The van der Waals surface area contributed by atoms with E-state index in [1.165, 1.54) is 24.0 Å². The minimum absolute atomic E-state index is 0.0244. The molecule has 1 saturated carbocycles. The highest BCUT2D eigenvalue weighted by Gasteiger charge is 2.30. The number of methoxy groups -OCH3 is 2. The highest BCUT2D eigenvalue weighted by Crippen LogP contribution is 2.30. The van der Waals surface area contributed by atoms with Gasteiger partial charge in [-0.15, -0.1) is 0 Å². The lowest BCUT2D eigenvalue weighted by atomic mass is 10.1. The van der Waals surface area contributed by atoms with Crippen molar-refractivity contribution in [3.05, 3.63) is 59.2 Å². The number of aryl methyl sites for hydroxylation is 1. The second-order valence-electron chi connectivity index (χ2n) is 7.52. The van der Waals surface area contributed by atoms with Crippen molar-refractivity contribution in [1.82, 2.24) is 10.2 Å². The van der Waals surface area contributed by atoms with E-state index in [1.807, 2.05) is 25.1 Å². The summed E-state index contributed by atoms with van der Waals surface area (Å²) in [5.74, 6) is 1.51. The van der Waals surface area contributed by atoms with Crippen LogP contribution in [0.25, 0.3) is 0 Å². The predicted octanol–water partition coefficient (Wildman–Crippen LogP) is 3.85. The van der Waals surface area contributed by atoms with Crippen molar-refractivity contribution in [2.75, 3.05) is 20.8 Å². The summed E-state index contributed by atoms with van der Waals surface area (Å²) in [6.45, 7) is 5.26. The van der Waals surface area contributed by atoms with E-state index in [9.17, 15) is 4.79 Å². The smallest absolute Gasteiger partial charge is 0.234 e. The number of nitrogens with zero attached hydrogens (tertiary/aromatic N) is 1. The van der Waals surface area contributed by atoms with Gasteiger partial charge >= 0.3 is 0 Å². The SMILES string of the molecule is COc1ccc(OC)c(C(C)NC(=O)CN(Cc2ccc(C)cc2)C2CC2)c1. The first-order chi connectivity index (χ1) is 13.5. The molecule has 0 bridgehead atoms. The molecule has 1 aliphatic rings. The van der Waals surface area contributed by atoms with Crippen molar-refractivity contribution < 1.29 is 14.3 Å². The van der Waals surface area contributed by atoms with Gasteiger partial charge < -0.3 is 14.8 Å². The molecule has 1 fully saturated rings. The Hall–Kier alpha value is -2.53. The van der Waals surface area contributed by atoms with Crippen LogP contribution in [0.15, 0.2) is 42.5 Å². The zero-order chi connectivity index (χ0) is 20.1. The first-order valence-electron chi connectivity index (χ1n) is 9.81. The molecule has 1 aliphatic carbocycles. The van der Waals surface area contributed by atoms with Gasteiger partial charge in [0.2, 0.25) is 5.91 Å². The van der Waals surface area contributed by atoms with Crippen molar-refractivity contribution >= 4 is 5.91 Å². The lowest BCUT2D eigenvalue weighted by Crippen LogP contribution is -2.39. The molecule has 5 nitrogen and oxygen atoms in total. The third kappa shape index (κ3) is 5.26. The monoisotopic (exact) mass is 382 g/mol. The van der Waals surface area contributed by atoms with Crippen LogP contribution in [0.4, 0.5) is 0 Å². The van der Waals surface area contributed by atoms with Crippen LogP contribution in [0, 0.1) is 6.92 Å². The lowest BCUT2D eigenvalue weighted by Gasteiger charge is -2.24. The first-order valence-corrected chi connectivity index (χ1v) is 9.81. The Labute approximate surface area is 167 Å². The van der Waals surface area contributed by atoms with E-state index in [-0.39, 0.29) is 11.9 Å². The number of rotatable bonds is 9. The normalized spacial score (nSPS) is 14.6. The summed E-state index contributed by atoms with van der Waals surface area (Å²) in [5, 5.41) is 3.11. The number of carbonyl (C=O) groups is 1. The molecule has 3 rings (SSSR count). The van der Waals surface area contributed by atoms with Gasteiger partial charge in [-0.05, 0) is 50.5 Å². The van der Waals surface area contributed by atoms with Crippen molar-refractivity contribution in [3.8, 4) is 11.5 Å². The third-order valence-electron chi connectivity index (χ3n) is 5.20. The number of amides is 1. The molecule has 1 N–H and O–H groups in total. The van der Waals surface area contributed by atoms with E-state index in [0.717, 1.165) is 23.6 Å². The maximum Gasteiger partial charge on any atom is 0.234 e. The van der Waals surface area contributed by atoms with E-state index in [4.69, 9.17) is 9.47 Å². The maximum absolute atomic E-state index is 12.7. The van der Waals surface area contributed by atoms with Gasteiger partial charge in [-0.2, -0.15) is 0 Å². The fourth-order valence-corrected chi connectivity index (χ4v) is 3.41. The van der Waals surface area contributed by atoms with Gasteiger partial charge in [0, 0.05) is 18.2 Å². The Balaban J connectivity index is 1.63. The van der Waals surface area contributed by atoms with Crippen LogP contribution in [0.3, 0.4) is 0 Å². The summed E-state index contributed by atoms with van der Waals surface area (Å²) in [4.78, 5) is 15.0. The molecule has 0 spiro atoms. The molecule has 1 amide bonds. The molecule has 5 heteroatoms. The Morgan fingerprint density at radius 3 is 2.46 bits per heavy atom. The minimum Gasteiger partial charge on any atom is -0.497 e. The molecule has 0 heterocycles. The Bertz CT molecular complexity index is 800. The summed E-state index contributed by atoms with van der Waals surface area (Å²) in [6.07, 6.45) is 2.33. The van der Waals surface area contributed by atoms with Crippen LogP contribution in [0.2, 0.25) is 0 Å². The second-order valence-corrected chi connectivity index (χ2v) is 7.52. The van der Waals surface area contributed by atoms with Crippen LogP contribution < -0.4 is 14.8 Å².